The molecule has 0 spiro atoms. The number of hydrogen-bond donors (Lipinski definition) is 1. The van der Waals surface area contributed by atoms with E-state index in [1.807, 2.05) is 19.9 Å². The predicted octanol–water partition coefficient (Wildman–Crippen LogP) is 4.01. The van der Waals surface area contributed by atoms with Gasteiger partial charge >= 0.3 is 0 Å². The lowest BCUT2D eigenvalue weighted by Gasteiger charge is -2.24. The number of benzene rings is 2. The third-order valence-electron chi connectivity index (χ3n) is 3.30. The molecule has 2 aromatic rings. The summed E-state index contributed by atoms with van der Waals surface area (Å²) < 4.78 is 27.7. The summed E-state index contributed by atoms with van der Waals surface area (Å²) in [5.74, 6) is -0.654. The molecule has 1 unspecified atom stereocenters. The van der Waals surface area contributed by atoms with E-state index < -0.39 is 0 Å². The molecule has 0 bridgehead atoms. The Hall–Kier alpha value is -1.94. The Kier molecular flexibility index (Phi) is 4.91. The van der Waals surface area contributed by atoms with Crippen LogP contribution in [0.2, 0.25) is 0 Å². The van der Waals surface area contributed by atoms with Crippen LogP contribution in [0.1, 0.15) is 19.4 Å². The lowest BCUT2D eigenvalue weighted by molar-refractivity contribution is 0.618. The van der Waals surface area contributed by atoms with Crippen molar-refractivity contribution in [1.82, 2.24) is 0 Å². The molecule has 112 valence electrons. The van der Waals surface area contributed by atoms with Gasteiger partial charge in [0, 0.05) is 18.3 Å². The third kappa shape index (κ3) is 3.79. The van der Waals surface area contributed by atoms with Gasteiger partial charge in [-0.15, -0.1) is 0 Å². The van der Waals surface area contributed by atoms with Gasteiger partial charge in [0.1, 0.15) is 11.6 Å². The van der Waals surface area contributed by atoms with E-state index in [1.54, 1.807) is 23.1 Å². The van der Waals surface area contributed by atoms with Crippen molar-refractivity contribution in [2.24, 2.45) is 5.73 Å². The van der Waals surface area contributed by atoms with Crippen LogP contribution in [0.5, 0.6) is 0 Å². The second-order valence-corrected chi connectivity index (χ2v) is 5.19. The summed E-state index contributed by atoms with van der Waals surface area (Å²) in [6, 6.07) is 11.2. The van der Waals surface area contributed by atoms with Crippen molar-refractivity contribution in [3.63, 3.8) is 0 Å². The Morgan fingerprint density at radius 2 is 1.90 bits per heavy atom. The van der Waals surface area contributed by atoms with Crippen LogP contribution in [0.4, 0.5) is 20.2 Å². The van der Waals surface area contributed by atoms with Gasteiger partial charge in [-0.25, -0.2) is 8.78 Å². The van der Waals surface area contributed by atoms with E-state index in [1.165, 1.54) is 18.2 Å². The van der Waals surface area contributed by atoms with Crippen molar-refractivity contribution < 1.29 is 8.78 Å². The van der Waals surface area contributed by atoms with Crippen LogP contribution in [0.25, 0.3) is 0 Å². The molecule has 21 heavy (non-hydrogen) atoms. The average Bonchev–Trinajstić information content (AvgIpc) is 2.41. The number of hydrogen-bond acceptors (Lipinski definition) is 2. The molecular formula is C17H20F2N2. The van der Waals surface area contributed by atoms with Crippen LogP contribution >= 0.6 is 0 Å². The average molecular weight is 290 g/mol. The van der Waals surface area contributed by atoms with Crippen LogP contribution in [-0.4, -0.2) is 12.6 Å². The summed E-state index contributed by atoms with van der Waals surface area (Å²) in [5, 5.41) is 0. The van der Waals surface area contributed by atoms with Crippen molar-refractivity contribution in [2.45, 2.75) is 26.3 Å². The lowest BCUT2D eigenvalue weighted by Crippen LogP contribution is -2.19. The Labute approximate surface area is 124 Å². The molecule has 2 nitrogen and oxygen atoms in total. The molecule has 0 saturated heterocycles. The first-order valence-corrected chi connectivity index (χ1v) is 7.08. The topological polar surface area (TPSA) is 29.3 Å². The van der Waals surface area contributed by atoms with Gasteiger partial charge in [-0.2, -0.15) is 0 Å². The zero-order chi connectivity index (χ0) is 15.4. The molecule has 0 aliphatic rings. The first kappa shape index (κ1) is 15.4. The molecule has 2 aromatic carbocycles. The zero-order valence-corrected chi connectivity index (χ0v) is 12.3. The quantitative estimate of drug-likeness (QED) is 0.901. The van der Waals surface area contributed by atoms with Crippen LogP contribution in [0.3, 0.4) is 0 Å². The summed E-state index contributed by atoms with van der Waals surface area (Å²) in [5.41, 5.74) is 7.67. The van der Waals surface area contributed by atoms with Crippen molar-refractivity contribution in [1.29, 1.82) is 0 Å². The molecule has 0 aromatic heterocycles. The van der Waals surface area contributed by atoms with Gasteiger partial charge in [0.05, 0.1) is 5.69 Å². The largest absolute Gasteiger partial charge is 0.339 e. The van der Waals surface area contributed by atoms with Crippen LogP contribution in [0.15, 0.2) is 42.5 Å². The number of nitrogens with zero attached hydrogens (tertiary/aromatic N) is 1. The Balaban J connectivity index is 2.34. The highest BCUT2D eigenvalue weighted by Crippen LogP contribution is 2.28. The van der Waals surface area contributed by atoms with Gasteiger partial charge in [-0.05, 0) is 56.2 Å². The molecule has 0 fully saturated rings. The van der Waals surface area contributed by atoms with E-state index in [9.17, 15) is 8.78 Å². The first-order chi connectivity index (χ1) is 10.0. The van der Waals surface area contributed by atoms with E-state index in [2.05, 4.69) is 0 Å². The first-order valence-electron chi connectivity index (χ1n) is 7.08. The van der Waals surface area contributed by atoms with Gasteiger partial charge in [0.2, 0.25) is 0 Å². The Morgan fingerprint density at radius 3 is 2.48 bits per heavy atom. The Morgan fingerprint density at radius 1 is 1.14 bits per heavy atom. The summed E-state index contributed by atoms with van der Waals surface area (Å²) in [4.78, 5) is 1.74. The molecule has 0 aliphatic heterocycles. The number of anilines is 2. The third-order valence-corrected chi connectivity index (χ3v) is 3.30. The molecular weight excluding hydrogens is 270 g/mol. The van der Waals surface area contributed by atoms with Crippen molar-refractivity contribution >= 4 is 11.4 Å². The number of nitrogens with two attached hydrogens (primary N) is 1. The minimum Gasteiger partial charge on any atom is -0.339 e. The van der Waals surface area contributed by atoms with Gasteiger partial charge in [0.25, 0.3) is 0 Å². The standard InChI is InChI=1S/C17H20F2N2/c1-3-21(15-6-4-5-14(18)11-15)17-8-7-13(9-12(2)20)10-16(17)19/h4-8,10-12H,3,9,20H2,1-2H3. The lowest BCUT2D eigenvalue weighted by atomic mass is 10.1. The van der Waals surface area contributed by atoms with Gasteiger partial charge in [-0.1, -0.05) is 12.1 Å². The highest BCUT2D eigenvalue weighted by Gasteiger charge is 2.13. The second-order valence-electron chi connectivity index (χ2n) is 5.19. The second kappa shape index (κ2) is 6.68. The van der Waals surface area contributed by atoms with Gasteiger partial charge in [-0.3, -0.25) is 0 Å². The van der Waals surface area contributed by atoms with Crippen LogP contribution in [-0.2, 0) is 6.42 Å². The zero-order valence-electron chi connectivity index (χ0n) is 12.3. The molecule has 0 radical (unpaired) electrons. The fourth-order valence-electron chi connectivity index (χ4n) is 2.40. The van der Waals surface area contributed by atoms with E-state index in [-0.39, 0.29) is 17.7 Å². The summed E-state index contributed by atoms with van der Waals surface area (Å²) in [6.45, 7) is 4.34. The predicted molar refractivity (Wildman–Crippen MR) is 82.8 cm³/mol. The van der Waals surface area contributed by atoms with Crippen LogP contribution in [0, 0.1) is 11.6 Å². The minimum absolute atomic E-state index is 0.0132. The summed E-state index contributed by atoms with van der Waals surface area (Å²) in [7, 11) is 0. The minimum atomic E-state index is -0.333. The monoisotopic (exact) mass is 290 g/mol. The number of halogens is 2. The van der Waals surface area contributed by atoms with Gasteiger partial charge < -0.3 is 10.6 Å². The maximum Gasteiger partial charge on any atom is 0.147 e. The SMILES string of the molecule is CCN(c1cccc(F)c1)c1ccc(CC(C)N)cc1F. The number of rotatable bonds is 5. The maximum atomic E-state index is 14.3. The Bertz CT molecular complexity index is 611. The molecule has 1 atom stereocenters. The summed E-state index contributed by atoms with van der Waals surface area (Å²) in [6.07, 6.45) is 0.628. The summed E-state index contributed by atoms with van der Waals surface area (Å²) >= 11 is 0. The van der Waals surface area contributed by atoms with Crippen molar-refractivity contribution in [2.75, 3.05) is 11.4 Å². The normalized spacial score (nSPS) is 12.2. The van der Waals surface area contributed by atoms with E-state index >= 15 is 0 Å². The molecule has 4 heteroatoms. The maximum absolute atomic E-state index is 14.3. The molecule has 2 rings (SSSR count). The molecule has 0 saturated carbocycles. The van der Waals surface area contributed by atoms with E-state index in [0.29, 0.717) is 24.3 Å². The molecule has 0 heterocycles. The molecule has 2 N–H and O–H groups in total. The van der Waals surface area contributed by atoms with Crippen molar-refractivity contribution in [3.8, 4) is 0 Å². The van der Waals surface area contributed by atoms with Gasteiger partial charge in [0.15, 0.2) is 0 Å². The smallest absolute Gasteiger partial charge is 0.147 e. The fraction of sp³-hybridized carbons (Fsp3) is 0.294. The van der Waals surface area contributed by atoms with Crippen molar-refractivity contribution in [3.05, 3.63) is 59.7 Å². The highest BCUT2D eigenvalue weighted by molar-refractivity contribution is 5.64. The van der Waals surface area contributed by atoms with E-state index in [0.717, 1.165) is 5.56 Å². The van der Waals surface area contributed by atoms with Crippen LogP contribution < -0.4 is 10.6 Å². The fourth-order valence-corrected chi connectivity index (χ4v) is 2.40. The molecule has 0 aliphatic carbocycles. The highest BCUT2D eigenvalue weighted by atomic mass is 19.1. The molecule has 0 amide bonds. The van der Waals surface area contributed by atoms with E-state index in [4.69, 9.17) is 5.73 Å².